The lowest BCUT2D eigenvalue weighted by atomic mass is 10.1. The highest BCUT2D eigenvalue weighted by Crippen LogP contribution is 2.31. The molecule has 3 heterocycles. The van der Waals surface area contributed by atoms with Crippen LogP contribution >= 0.6 is 0 Å². The monoisotopic (exact) mass is 315 g/mol. The molecule has 0 spiro atoms. The Bertz CT molecular complexity index is 667. The van der Waals surface area contributed by atoms with Gasteiger partial charge in [-0.05, 0) is 25.8 Å². The van der Waals surface area contributed by atoms with Crippen LogP contribution in [0.15, 0.2) is 24.7 Å². The number of carbonyl (C=O) groups is 1. The SMILES string of the molecule is CCn1nccc1-c1cnc(C2CCCN2C(=O)COC)cn1. The van der Waals surface area contributed by atoms with E-state index in [2.05, 4.69) is 15.1 Å². The number of carbonyl (C=O) groups excluding carboxylic acids is 1. The van der Waals surface area contributed by atoms with Crippen molar-refractivity contribution in [3.63, 3.8) is 0 Å². The predicted molar refractivity (Wildman–Crippen MR) is 84.5 cm³/mol. The number of amides is 1. The van der Waals surface area contributed by atoms with E-state index in [0.29, 0.717) is 0 Å². The van der Waals surface area contributed by atoms with Crippen LogP contribution in [0.5, 0.6) is 0 Å². The molecule has 1 amide bonds. The maximum Gasteiger partial charge on any atom is 0.249 e. The minimum Gasteiger partial charge on any atom is -0.375 e. The molecule has 2 aromatic rings. The van der Waals surface area contributed by atoms with Crippen molar-refractivity contribution in [3.05, 3.63) is 30.4 Å². The third-order valence-corrected chi connectivity index (χ3v) is 4.13. The van der Waals surface area contributed by atoms with Crippen LogP contribution in [0, 0.1) is 0 Å². The molecule has 122 valence electrons. The second-order valence-corrected chi connectivity index (χ2v) is 5.54. The van der Waals surface area contributed by atoms with Gasteiger partial charge in [-0.15, -0.1) is 0 Å². The first-order valence-corrected chi connectivity index (χ1v) is 7.87. The van der Waals surface area contributed by atoms with E-state index in [-0.39, 0.29) is 18.6 Å². The highest BCUT2D eigenvalue weighted by Gasteiger charge is 2.30. The lowest BCUT2D eigenvalue weighted by molar-refractivity contribution is -0.136. The minimum absolute atomic E-state index is 0.00436. The third kappa shape index (κ3) is 3.10. The number of rotatable bonds is 5. The zero-order chi connectivity index (χ0) is 16.2. The van der Waals surface area contributed by atoms with E-state index < -0.39 is 0 Å². The first-order valence-electron chi connectivity index (χ1n) is 7.87. The lowest BCUT2D eigenvalue weighted by Crippen LogP contribution is -2.33. The second kappa shape index (κ2) is 6.87. The topological polar surface area (TPSA) is 73.1 Å². The van der Waals surface area contributed by atoms with Gasteiger partial charge in [-0.25, -0.2) is 0 Å². The Morgan fingerprint density at radius 3 is 2.96 bits per heavy atom. The summed E-state index contributed by atoms with van der Waals surface area (Å²) in [6.07, 6.45) is 7.18. The molecule has 1 fully saturated rings. The van der Waals surface area contributed by atoms with Gasteiger partial charge >= 0.3 is 0 Å². The van der Waals surface area contributed by atoms with Crippen LogP contribution in [0.3, 0.4) is 0 Å². The van der Waals surface area contributed by atoms with Crippen LogP contribution < -0.4 is 0 Å². The van der Waals surface area contributed by atoms with Gasteiger partial charge in [0, 0.05) is 26.4 Å². The van der Waals surface area contributed by atoms with E-state index in [1.807, 2.05) is 22.6 Å². The number of hydrogen-bond acceptors (Lipinski definition) is 5. The van der Waals surface area contributed by atoms with Crippen LogP contribution in [-0.2, 0) is 16.1 Å². The van der Waals surface area contributed by atoms with Crippen LogP contribution in [0.25, 0.3) is 11.4 Å². The molecule has 1 aliphatic heterocycles. The standard InChI is InChI=1S/C16H21N5O2/c1-3-21-15(6-7-19-21)13-10-17-12(9-18-13)14-5-4-8-20(14)16(22)11-23-2/h6-7,9-10,14H,3-5,8,11H2,1-2H3. The molecule has 0 radical (unpaired) electrons. The zero-order valence-corrected chi connectivity index (χ0v) is 13.5. The third-order valence-electron chi connectivity index (χ3n) is 4.13. The van der Waals surface area contributed by atoms with Crippen molar-refractivity contribution in [1.29, 1.82) is 0 Å². The quantitative estimate of drug-likeness (QED) is 0.839. The molecular formula is C16H21N5O2. The summed E-state index contributed by atoms with van der Waals surface area (Å²) >= 11 is 0. The van der Waals surface area contributed by atoms with Crippen molar-refractivity contribution in [3.8, 4) is 11.4 Å². The number of ether oxygens (including phenoxy) is 1. The highest BCUT2D eigenvalue weighted by molar-refractivity contribution is 5.78. The molecule has 1 atom stereocenters. The van der Waals surface area contributed by atoms with Crippen molar-refractivity contribution in [2.24, 2.45) is 0 Å². The summed E-state index contributed by atoms with van der Waals surface area (Å²) < 4.78 is 6.84. The molecule has 0 aromatic carbocycles. The smallest absolute Gasteiger partial charge is 0.249 e. The fraction of sp³-hybridized carbons (Fsp3) is 0.500. The van der Waals surface area contributed by atoms with E-state index in [1.165, 1.54) is 7.11 Å². The number of aryl methyl sites for hydroxylation is 1. The maximum atomic E-state index is 12.1. The van der Waals surface area contributed by atoms with Crippen molar-refractivity contribution < 1.29 is 9.53 Å². The highest BCUT2D eigenvalue weighted by atomic mass is 16.5. The molecule has 7 nitrogen and oxygen atoms in total. The van der Waals surface area contributed by atoms with Crippen molar-refractivity contribution >= 4 is 5.91 Å². The minimum atomic E-state index is -0.00436. The Morgan fingerprint density at radius 1 is 1.39 bits per heavy atom. The van der Waals surface area contributed by atoms with Crippen molar-refractivity contribution in [2.45, 2.75) is 32.4 Å². The van der Waals surface area contributed by atoms with Crippen LogP contribution in [0.4, 0.5) is 0 Å². The van der Waals surface area contributed by atoms with Crippen LogP contribution in [0.2, 0.25) is 0 Å². The van der Waals surface area contributed by atoms with Gasteiger partial charge in [-0.3, -0.25) is 19.4 Å². The average molecular weight is 315 g/mol. The number of likely N-dealkylation sites (tertiary alicyclic amines) is 1. The normalized spacial score (nSPS) is 17.7. The van der Waals surface area contributed by atoms with Gasteiger partial charge < -0.3 is 9.64 Å². The van der Waals surface area contributed by atoms with Gasteiger partial charge in [0.2, 0.25) is 5.91 Å². The Kier molecular flexibility index (Phi) is 4.66. The van der Waals surface area contributed by atoms with E-state index in [1.54, 1.807) is 18.6 Å². The predicted octanol–water partition coefficient (Wildman–Crippen LogP) is 1.67. The summed E-state index contributed by atoms with van der Waals surface area (Å²) in [7, 11) is 1.54. The van der Waals surface area contributed by atoms with E-state index in [4.69, 9.17) is 4.74 Å². The summed E-state index contributed by atoms with van der Waals surface area (Å²) in [6, 6.07) is 1.92. The first-order chi connectivity index (χ1) is 11.2. The Morgan fingerprint density at radius 2 is 2.26 bits per heavy atom. The van der Waals surface area contributed by atoms with Gasteiger partial charge in [0.05, 0.1) is 29.8 Å². The van der Waals surface area contributed by atoms with Gasteiger partial charge in [-0.1, -0.05) is 0 Å². The fourth-order valence-electron chi connectivity index (χ4n) is 3.02. The summed E-state index contributed by atoms with van der Waals surface area (Å²) in [4.78, 5) is 23.0. The largest absolute Gasteiger partial charge is 0.375 e. The average Bonchev–Trinajstić information content (AvgIpc) is 3.24. The Labute approximate surface area is 135 Å². The fourth-order valence-corrected chi connectivity index (χ4v) is 3.02. The van der Waals surface area contributed by atoms with Gasteiger partial charge in [0.1, 0.15) is 12.3 Å². The lowest BCUT2D eigenvalue weighted by Gasteiger charge is -2.23. The molecule has 0 N–H and O–H groups in total. The van der Waals surface area contributed by atoms with Crippen molar-refractivity contribution in [2.75, 3.05) is 20.3 Å². The van der Waals surface area contributed by atoms with Gasteiger partial charge in [-0.2, -0.15) is 5.10 Å². The molecular weight excluding hydrogens is 294 g/mol. The zero-order valence-electron chi connectivity index (χ0n) is 13.5. The molecule has 2 aromatic heterocycles. The molecule has 23 heavy (non-hydrogen) atoms. The molecule has 3 rings (SSSR count). The van der Waals surface area contributed by atoms with E-state index >= 15 is 0 Å². The van der Waals surface area contributed by atoms with Gasteiger partial charge in [0.25, 0.3) is 0 Å². The summed E-state index contributed by atoms with van der Waals surface area (Å²) in [5.41, 5.74) is 2.57. The maximum absolute atomic E-state index is 12.1. The molecule has 0 saturated carbocycles. The second-order valence-electron chi connectivity index (χ2n) is 5.54. The van der Waals surface area contributed by atoms with E-state index in [9.17, 15) is 4.79 Å². The number of aromatic nitrogens is 4. The first kappa shape index (κ1) is 15.6. The van der Waals surface area contributed by atoms with Crippen LogP contribution in [-0.4, -0.2) is 50.8 Å². The molecule has 1 saturated heterocycles. The molecule has 0 bridgehead atoms. The molecule has 7 heteroatoms. The van der Waals surface area contributed by atoms with Gasteiger partial charge in [0.15, 0.2) is 0 Å². The molecule has 0 aliphatic carbocycles. The molecule has 1 aliphatic rings. The number of methoxy groups -OCH3 is 1. The number of nitrogens with zero attached hydrogens (tertiary/aromatic N) is 5. The summed E-state index contributed by atoms with van der Waals surface area (Å²) in [5, 5.41) is 4.25. The molecule has 1 unspecified atom stereocenters. The number of hydrogen-bond donors (Lipinski definition) is 0. The summed E-state index contributed by atoms with van der Waals surface area (Å²) in [6.45, 7) is 3.68. The van der Waals surface area contributed by atoms with E-state index in [0.717, 1.165) is 43.0 Å². The van der Waals surface area contributed by atoms with Crippen molar-refractivity contribution in [1.82, 2.24) is 24.6 Å². The Balaban J connectivity index is 1.80. The van der Waals surface area contributed by atoms with Crippen LogP contribution in [0.1, 0.15) is 31.5 Å². The summed E-state index contributed by atoms with van der Waals surface area (Å²) in [5.74, 6) is 0.00457. The Hall–Kier alpha value is -2.28.